The molecule has 0 radical (unpaired) electrons. The van der Waals surface area contributed by atoms with Gasteiger partial charge in [0.25, 0.3) is 0 Å². The average Bonchev–Trinajstić information content (AvgIpc) is 3.01. The minimum atomic E-state index is 0.482. The van der Waals surface area contributed by atoms with E-state index in [0.717, 1.165) is 31.0 Å². The monoisotopic (exact) mass is 295 g/mol. The van der Waals surface area contributed by atoms with E-state index in [0.29, 0.717) is 6.54 Å². The maximum Gasteiger partial charge on any atom is 0.137 e. The second kappa shape index (κ2) is 5.13. The molecule has 0 atom stereocenters. The molecule has 0 saturated heterocycles. The minimum Gasteiger partial charge on any atom is -0.351 e. The van der Waals surface area contributed by atoms with Gasteiger partial charge in [-0.05, 0) is 34.9 Å². The van der Waals surface area contributed by atoms with E-state index in [9.17, 15) is 0 Å². The lowest BCUT2D eigenvalue weighted by Gasteiger charge is -2.29. The molecule has 0 fully saturated rings. The maximum atomic E-state index is 5.82. The van der Waals surface area contributed by atoms with E-state index in [4.69, 9.17) is 10.7 Å². The van der Waals surface area contributed by atoms with E-state index in [1.807, 2.05) is 11.3 Å². The van der Waals surface area contributed by atoms with Crippen molar-refractivity contribution in [1.82, 2.24) is 4.98 Å². The molecule has 3 aromatic rings. The lowest BCUT2D eigenvalue weighted by Crippen LogP contribution is -2.30. The number of benzene rings is 1. The molecule has 0 amide bonds. The van der Waals surface area contributed by atoms with Crippen molar-refractivity contribution in [3.05, 3.63) is 57.9 Å². The van der Waals surface area contributed by atoms with Gasteiger partial charge in [-0.2, -0.15) is 0 Å². The summed E-state index contributed by atoms with van der Waals surface area (Å²) in [6.07, 6.45) is 1.11. The third kappa shape index (κ3) is 2.20. The second-order valence-electron chi connectivity index (χ2n) is 5.40. The zero-order valence-corrected chi connectivity index (χ0v) is 12.6. The normalized spacial score (nSPS) is 14.4. The van der Waals surface area contributed by atoms with Gasteiger partial charge in [0.05, 0.1) is 5.69 Å². The van der Waals surface area contributed by atoms with E-state index in [1.54, 1.807) is 0 Å². The fourth-order valence-corrected chi connectivity index (χ4v) is 3.90. The van der Waals surface area contributed by atoms with Gasteiger partial charge >= 0.3 is 0 Å². The summed E-state index contributed by atoms with van der Waals surface area (Å²) in [5.41, 5.74) is 8.22. The van der Waals surface area contributed by atoms with E-state index in [-0.39, 0.29) is 0 Å². The van der Waals surface area contributed by atoms with Crippen molar-refractivity contribution in [2.75, 3.05) is 11.4 Å². The van der Waals surface area contributed by atoms with Crippen LogP contribution in [0.5, 0.6) is 0 Å². The summed E-state index contributed by atoms with van der Waals surface area (Å²) < 4.78 is 0. The number of anilines is 1. The summed E-state index contributed by atoms with van der Waals surface area (Å²) in [7, 11) is 0. The Morgan fingerprint density at radius 3 is 3.05 bits per heavy atom. The van der Waals surface area contributed by atoms with Crippen molar-refractivity contribution >= 4 is 27.9 Å². The van der Waals surface area contributed by atoms with Gasteiger partial charge in [-0.15, -0.1) is 11.3 Å². The van der Waals surface area contributed by atoms with Crippen LogP contribution in [0.1, 0.15) is 16.1 Å². The molecule has 0 saturated carbocycles. The van der Waals surface area contributed by atoms with Crippen molar-refractivity contribution in [3.63, 3.8) is 0 Å². The van der Waals surface area contributed by atoms with Crippen LogP contribution >= 0.6 is 11.3 Å². The van der Waals surface area contributed by atoms with Crippen LogP contribution in [0.4, 0.5) is 5.82 Å². The van der Waals surface area contributed by atoms with Crippen LogP contribution in [0.3, 0.4) is 0 Å². The molecule has 1 aliphatic rings. The third-order valence-corrected chi connectivity index (χ3v) is 5.11. The molecular weight excluding hydrogens is 278 g/mol. The number of aromatic nitrogens is 1. The SMILES string of the molecule is NCc1cc2ccccc2c(N2CCc3sccc3C2)n1. The van der Waals surface area contributed by atoms with Gasteiger partial charge in [-0.1, -0.05) is 24.3 Å². The van der Waals surface area contributed by atoms with Crippen molar-refractivity contribution in [3.8, 4) is 0 Å². The molecule has 0 spiro atoms. The molecule has 1 aromatic carbocycles. The predicted molar refractivity (Wildman–Crippen MR) is 88.7 cm³/mol. The van der Waals surface area contributed by atoms with Gasteiger partial charge in [0.2, 0.25) is 0 Å². The van der Waals surface area contributed by atoms with Gasteiger partial charge in [-0.25, -0.2) is 4.98 Å². The molecule has 3 nitrogen and oxygen atoms in total. The lowest BCUT2D eigenvalue weighted by atomic mass is 10.1. The highest BCUT2D eigenvalue weighted by Gasteiger charge is 2.20. The minimum absolute atomic E-state index is 0.482. The second-order valence-corrected chi connectivity index (χ2v) is 6.40. The molecule has 21 heavy (non-hydrogen) atoms. The topological polar surface area (TPSA) is 42.1 Å². The Morgan fingerprint density at radius 1 is 1.24 bits per heavy atom. The van der Waals surface area contributed by atoms with Crippen LogP contribution in [0.15, 0.2) is 41.8 Å². The van der Waals surface area contributed by atoms with E-state index in [2.05, 4.69) is 46.7 Å². The van der Waals surface area contributed by atoms with E-state index >= 15 is 0 Å². The van der Waals surface area contributed by atoms with Gasteiger partial charge in [-0.3, -0.25) is 0 Å². The average molecular weight is 295 g/mol. The highest BCUT2D eigenvalue weighted by Crippen LogP contribution is 2.31. The van der Waals surface area contributed by atoms with Gasteiger partial charge < -0.3 is 10.6 Å². The first kappa shape index (κ1) is 12.8. The van der Waals surface area contributed by atoms with E-state index < -0.39 is 0 Å². The smallest absolute Gasteiger partial charge is 0.137 e. The summed E-state index contributed by atoms with van der Waals surface area (Å²) in [4.78, 5) is 8.71. The first-order valence-corrected chi connectivity index (χ1v) is 8.12. The summed E-state index contributed by atoms with van der Waals surface area (Å²) in [6.45, 7) is 2.46. The van der Waals surface area contributed by atoms with Crippen LogP contribution in [-0.4, -0.2) is 11.5 Å². The van der Waals surface area contributed by atoms with Crippen LogP contribution in [0.2, 0.25) is 0 Å². The summed E-state index contributed by atoms with van der Waals surface area (Å²) >= 11 is 1.87. The summed E-state index contributed by atoms with van der Waals surface area (Å²) in [6, 6.07) is 12.8. The Hall–Kier alpha value is -1.91. The number of hydrogen-bond donors (Lipinski definition) is 1. The Bertz CT molecular complexity index is 794. The van der Waals surface area contributed by atoms with Gasteiger partial charge in [0.1, 0.15) is 5.82 Å². The molecule has 4 heteroatoms. The molecule has 1 aliphatic heterocycles. The number of nitrogens with two attached hydrogens (primary N) is 1. The Labute approximate surface area is 128 Å². The fourth-order valence-electron chi connectivity index (χ4n) is 3.01. The number of fused-ring (bicyclic) bond motifs is 2. The number of hydrogen-bond acceptors (Lipinski definition) is 4. The lowest BCUT2D eigenvalue weighted by molar-refractivity contribution is 0.732. The molecule has 0 aliphatic carbocycles. The molecular formula is C17H17N3S. The van der Waals surface area contributed by atoms with Crippen molar-refractivity contribution < 1.29 is 0 Å². The first-order valence-electron chi connectivity index (χ1n) is 7.24. The summed E-state index contributed by atoms with van der Waals surface area (Å²) in [5.74, 6) is 1.07. The first-order chi connectivity index (χ1) is 10.3. The molecule has 4 rings (SSSR count). The van der Waals surface area contributed by atoms with Gasteiger partial charge in [0.15, 0.2) is 0 Å². The zero-order valence-electron chi connectivity index (χ0n) is 11.7. The number of thiophene rings is 1. The molecule has 0 unspecified atom stereocenters. The highest BCUT2D eigenvalue weighted by molar-refractivity contribution is 7.10. The quantitative estimate of drug-likeness (QED) is 0.788. The van der Waals surface area contributed by atoms with E-state index in [1.165, 1.54) is 21.2 Å². The largest absolute Gasteiger partial charge is 0.351 e. The van der Waals surface area contributed by atoms with Crippen molar-refractivity contribution in [1.29, 1.82) is 0 Å². The molecule has 2 N–H and O–H groups in total. The van der Waals surface area contributed by atoms with Crippen LogP contribution in [0, 0.1) is 0 Å². The molecule has 0 bridgehead atoms. The Morgan fingerprint density at radius 2 is 2.14 bits per heavy atom. The van der Waals surface area contributed by atoms with Crippen LogP contribution in [-0.2, 0) is 19.5 Å². The van der Waals surface area contributed by atoms with Crippen molar-refractivity contribution in [2.45, 2.75) is 19.5 Å². The standard InChI is InChI=1S/C17H17N3S/c18-10-14-9-12-3-1-2-4-15(12)17(19-14)20-7-5-16-13(11-20)6-8-21-16/h1-4,6,8-9H,5,7,10-11,18H2. The number of nitrogens with zero attached hydrogens (tertiary/aromatic N) is 2. The van der Waals surface area contributed by atoms with Crippen molar-refractivity contribution in [2.24, 2.45) is 5.73 Å². The Balaban J connectivity index is 1.83. The zero-order chi connectivity index (χ0) is 14.2. The predicted octanol–water partition coefficient (Wildman–Crippen LogP) is 3.32. The van der Waals surface area contributed by atoms with Crippen LogP contribution in [0.25, 0.3) is 10.8 Å². The maximum absolute atomic E-state index is 5.82. The number of rotatable bonds is 2. The molecule has 3 heterocycles. The highest BCUT2D eigenvalue weighted by atomic mass is 32.1. The molecule has 2 aromatic heterocycles. The third-order valence-electron chi connectivity index (χ3n) is 4.09. The summed E-state index contributed by atoms with van der Waals surface area (Å²) in [5, 5.41) is 4.63. The molecule has 106 valence electrons. The number of pyridine rings is 1. The van der Waals surface area contributed by atoms with Crippen LogP contribution < -0.4 is 10.6 Å². The van der Waals surface area contributed by atoms with Gasteiger partial charge in [0, 0.05) is 29.9 Å². The fraction of sp³-hybridized carbons (Fsp3) is 0.235. The Kier molecular flexibility index (Phi) is 3.13.